The quantitative estimate of drug-likeness (QED) is 0.228. The van der Waals surface area contributed by atoms with Crippen molar-refractivity contribution < 1.29 is 9.59 Å². The number of hydrogen-bond donors (Lipinski definition) is 0. The highest BCUT2D eigenvalue weighted by atomic mass is 32.1. The van der Waals surface area contributed by atoms with Gasteiger partial charge in [-0.25, -0.2) is 4.98 Å². The molecule has 4 nitrogen and oxygen atoms in total. The fourth-order valence-corrected chi connectivity index (χ4v) is 5.70. The van der Waals surface area contributed by atoms with E-state index in [2.05, 4.69) is 41.8 Å². The van der Waals surface area contributed by atoms with Crippen LogP contribution in [0.15, 0.2) is 72.3 Å². The van der Waals surface area contributed by atoms with Gasteiger partial charge in [-0.05, 0) is 42.8 Å². The van der Waals surface area contributed by atoms with E-state index in [9.17, 15) is 9.59 Å². The van der Waals surface area contributed by atoms with Crippen molar-refractivity contribution in [3.63, 3.8) is 0 Å². The first-order valence-corrected chi connectivity index (χ1v) is 11.8. The normalized spacial score (nSPS) is 14.7. The molecule has 3 aromatic carbocycles. The number of nitrogens with zero attached hydrogens (tertiary/aromatic N) is 2. The molecule has 2 heterocycles. The van der Waals surface area contributed by atoms with Crippen LogP contribution < -0.4 is 0 Å². The van der Waals surface area contributed by atoms with Crippen LogP contribution in [0.2, 0.25) is 0 Å². The van der Waals surface area contributed by atoms with E-state index in [0.717, 1.165) is 32.2 Å². The molecule has 1 aliphatic rings. The fourth-order valence-electron chi connectivity index (χ4n) is 4.64. The zero-order valence-corrected chi connectivity index (χ0v) is 19.1. The van der Waals surface area contributed by atoms with E-state index in [-0.39, 0.29) is 17.1 Å². The molecule has 0 N–H and O–H groups in total. The number of carbonyl (C=O) groups is 2. The van der Waals surface area contributed by atoms with Crippen LogP contribution >= 0.6 is 11.3 Å². The van der Waals surface area contributed by atoms with Crippen LogP contribution in [0.25, 0.3) is 37.8 Å². The first-order chi connectivity index (χ1) is 16.0. The average molecular weight is 449 g/mol. The maximum Gasteiger partial charge on any atom is 0.197 e. The lowest BCUT2D eigenvalue weighted by molar-refractivity contribution is 0.0990. The molecule has 0 atom stereocenters. The molecule has 0 spiro atoms. The molecule has 160 valence electrons. The predicted molar refractivity (Wildman–Crippen MR) is 134 cm³/mol. The second-order valence-electron chi connectivity index (χ2n) is 8.31. The van der Waals surface area contributed by atoms with Gasteiger partial charge < -0.3 is 4.57 Å². The lowest BCUT2D eigenvalue weighted by Crippen LogP contribution is -2.03. The summed E-state index contributed by atoms with van der Waals surface area (Å²) in [5.74, 6) is -0.401. The third-order valence-electron chi connectivity index (χ3n) is 6.26. The van der Waals surface area contributed by atoms with E-state index in [1.165, 1.54) is 10.8 Å². The van der Waals surface area contributed by atoms with Gasteiger partial charge in [-0.15, -0.1) is 11.3 Å². The molecule has 0 saturated heterocycles. The summed E-state index contributed by atoms with van der Waals surface area (Å²) in [7, 11) is 0. The highest BCUT2D eigenvalue weighted by Gasteiger charge is 2.33. The van der Waals surface area contributed by atoms with Gasteiger partial charge in [-0.2, -0.15) is 0 Å². The van der Waals surface area contributed by atoms with Gasteiger partial charge in [0.25, 0.3) is 0 Å². The molecule has 0 bridgehead atoms. The number of Topliss-reactive ketones (excluding diaryl/α,β-unsaturated/α-hetero) is 2. The van der Waals surface area contributed by atoms with Crippen molar-refractivity contribution in [1.82, 2.24) is 9.55 Å². The van der Waals surface area contributed by atoms with Gasteiger partial charge in [0, 0.05) is 28.9 Å². The van der Waals surface area contributed by atoms with Crippen LogP contribution in [0.1, 0.15) is 38.9 Å². The lowest BCUT2D eigenvalue weighted by atomic mass is 10.1. The van der Waals surface area contributed by atoms with Crippen molar-refractivity contribution in [2.75, 3.05) is 0 Å². The molecule has 6 rings (SSSR count). The van der Waals surface area contributed by atoms with Gasteiger partial charge in [0.05, 0.1) is 10.3 Å². The Hall–Kier alpha value is -3.83. The Morgan fingerprint density at radius 1 is 0.909 bits per heavy atom. The number of ketones is 2. The highest BCUT2D eigenvalue weighted by Crippen LogP contribution is 2.37. The Bertz CT molecular complexity index is 1650. The van der Waals surface area contributed by atoms with Crippen LogP contribution in [0, 0.1) is 6.92 Å². The van der Waals surface area contributed by atoms with Gasteiger partial charge in [0.2, 0.25) is 0 Å². The van der Waals surface area contributed by atoms with E-state index >= 15 is 0 Å². The summed E-state index contributed by atoms with van der Waals surface area (Å²) in [6, 6.07) is 22.0. The Kier molecular flexibility index (Phi) is 4.42. The zero-order chi connectivity index (χ0) is 22.7. The largest absolute Gasteiger partial charge is 0.325 e. The summed E-state index contributed by atoms with van der Waals surface area (Å²) in [6.45, 7) is 4.67. The summed E-state index contributed by atoms with van der Waals surface area (Å²) in [6.07, 6.45) is 1.73. The van der Waals surface area contributed by atoms with Crippen LogP contribution in [0.4, 0.5) is 0 Å². The number of rotatable bonds is 3. The summed E-state index contributed by atoms with van der Waals surface area (Å²) in [5.41, 5.74) is 5.01. The van der Waals surface area contributed by atoms with Crippen LogP contribution in [-0.2, 0) is 6.54 Å². The van der Waals surface area contributed by atoms with Crippen molar-refractivity contribution in [1.29, 1.82) is 0 Å². The monoisotopic (exact) mass is 448 g/mol. The smallest absolute Gasteiger partial charge is 0.197 e. The SMILES string of the molecule is CCn1c(/C=C2/C(=O)c3ccc(C)cc3C2=O)cc2sc(-c3cccc4ccccc34)nc21. The third kappa shape index (κ3) is 3.00. The van der Waals surface area contributed by atoms with Gasteiger partial charge in [0.1, 0.15) is 5.01 Å². The molecule has 2 aromatic heterocycles. The first-order valence-electron chi connectivity index (χ1n) is 10.9. The van der Waals surface area contributed by atoms with Crippen molar-refractivity contribution in [2.24, 2.45) is 0 Å². The molecule has 0 radical (unpaired) electrons. The molecule has 0 aliphatic heterocycles. The topological polar surface area (TPSA) is 52.0 Å². The van der Waals surface area contributed by atoms with E-state index < -0.39 is 0 Å². The molecule has 5 heteroatoms. The first kappa shape index (κ1) is 19.8. The number of thiazole rings is 1. The number of carbonyl (C=O) groups excluding carboxylic acids is 2. The molecule has 0 fully saturated rings. The molecule has 0 saturated carbocycles. The number of aryl methyl sites for hydroxylation is 2. The van der Waals surface area contributed by atoms with E-state index in [4.69, 9.17) is 4.98 Å². The molecule has 33 heavy (non-hydrogen) atoms. The lowest BCUT2D eigenvalue weighted by Gasteiger charge is -2.05. The number of allylic oxidation sites excluding steroid dienone is 1. The van der Waals surface area contributed by atoms with Crippen LogP contribution in [0.5, 0.6) is 0 Å². The molecule has 1 aliphatic carbocycles. The molecule has 5 aromatic rings. The Balaban J connectivity index is 1.46. The second-order valence-corrected chi connectivity index (χ2v) is 9.34. The molecular weight excluding hydrogens is 428 g/mol. The summed E-state index contributed by atoms with van der Waals surface area (Å²) >= 11 is 1.63. The third-order valence-corrected chi connectivity index (χ3v) is 7.29. The predicted octanol–water partition coefficient (Wildman–Crippen LogP) is 6.71. The minimum absolute atomic E-state index is 0.199. The highest BCUT2D eigenvalue weighted by molar-refractivity contribution is 7.21. The number of fused-ring (bicyclic) bond motifs is 3. The van der Waals surface area contributed by atoms with E-state index in [1.54, 1.807) is 29.5 Å². The zero-order valence-electron chi connectivity index (χ0n) is 18.3. The van der Waals surface area contributed by atoms with Crippen molar-refractivity contribution in [3.05, 3.63) is 94.7 Å². The van der Waals surface area contributed by atoms with Crippen LogP contribution in [0.3, 0.4) is 0 Å². The minimum Gasteiger partial charge on any atom is -0.325 e. The van der Waals surface area contributed by atoms with Crippen molar-refractivity contribution in [2.45, 2.75) is 20.4 Å². The van der Waals surface area contributed by atoms with Gasteiger partial charge >= 0.3 is 0 Å². The molecule has 0 amide bonds. The van der Waals surface area contributed by atoms with Crippen molar-refractivity contribution >= 4 is 50.1 Å². The minimum atomic E-state index is -0.202. The summed E-state index contributed by atoms with van der Waals surface area (Å²) in [5, 5.41) is 3.33. The molecule has 0 unspecified atom stereocenters. The Labute approximate surface area is 194 Å². The second kappa shape index (κ2) is 7.36. The summed E-state index contributed by atoms with van der Waals surface area (Å²) in [4.78, 5) is 30.9. The Morgan fingerprint density at radius 2 is 1.70 bits per heavy atom. The van der Waals surface area contributed by atoms with Crippen LogP contribution in [-0.4, -0.2) is 21.1 Å². The molecular formula is C28H20N2O2S. The Morgan fingerprint density at radius 3 is 2.55 bits per heavy atom. The van der Waals surface area contributed by atoms with Gasteiger partial charge in [0.15, 0.2) is 17.2 Å². The number of hydrogen-bond acceptors (Lipinski definition) is 4. The maximum absolute atomic E-state index is 13.0. The standard InChI is InChI=1S/C28H20N2O2S/c1-3-30-18(14-23-25(31)20-12-11-16(2)13-22(20)26(23)32)15-24-27(30)29-28(33-24)21-10-6-8-17-7-4-5-9-19(17)21/h4-15H,3H2,1-2H3/b23-14-. The van der Waals surface area contributed by atoms with E-state index in [1.807, 2.05) is 31.2 Å². The fraction of sp³-hybridized carbons (Fsp3) is 0.107. The number of benzene rings is 3. The summed E-state index contributed by atoms with van der Waals surface area (Å²) < 4.78 is 3.11. The number of aromatic nitrogens is 2. The van der Waals surface area contributed by atoms with Gasteiger partial charge in [-0.1, -0.05) is 60.2 Å². The average Bonchev–Trinajstić information content (AvgIpc) is 3.44. The maximum atomic E-state index is 13.0. The van der Waals surface area contributed by atoms with Crippen molar-refractivity contribution in [3.8, 4) is 10.6 Å². The van der Waals surface area contributed by atoms with Gasteiger partial charge in [-0.3, -0.25) is 9.59 Å². The van der Waals surface area contributed by atoms with E-state index in [0.29, 0.717) is 17.7 Å².